The molecule has 13 nitrogen and oxygen atoms in total. The molecule has 6 fully saturated rings. The molecule has 310 valence electrons. The van der Waals surface area contributed by atoms with Crippen molar-refractivity contribution in [2.75, 3.05) is 63.3 Å². The van der Waals surface area contributed by atoms with Gasteiger partial charge in [0.25, 0.3) is 5.91 Å². The molecule has 2 saturated heterocycles. The van der Waals surface area contributed by atoms with Crippen LogP contribution in [0.1, 0.15) is 85.1 Å². The average molecular weight is 805 g/mol. The van der Waals surface area contributed by atoms with Crippen molar-refractivity contribution in [3.8, 4) is 5.75 Å². The summed E-state index contributed by atoms with van der Waals surface area (Å²) in [5, 5.41) is 13.5. The number of hydrogen-bond donors (Lipinski definition) is 2. The minimum Gasteiger partial charge on any atom is -0.490 e. The summed E-state index contributed by atoms with van der Waals surface area (Å²) >= 11 is 0. The molecule has 4 aliphatic carbocycles. The molecule has 1 spiro atoms. The van der Waals surface area contributed by atoms with Crippen LogP contribution in [0.25, 0.3) is 0 Å². The van der Waals surface area contributed by atoms with Gasteiger partial charge in [-0.25, -0.2) is 24.7 Å². The number of carbonyl (C=O) groups excluding carboxylic acids is 1. The predicted octanol–water partition coefficient (Wildman–Crippen LogP) is 5.65. The number of likely N-dealkylation sites (N-methyl/N-ethyl adjacent to an activating group) is 1. The Kier molecular flexibility index (Phi) is 10.0. The Bertz CT molecular complexity index is 2010. The highest BCUT2D eigenvalue weighted by Crippen LogP contribution is 2.58. The first-order chi connectivity index (χ1) is 27.8. The van der Waals surface area contributed by atoms with Crippen LogP contribution in [0.2, 0.25) is 0 Å². The van der Waals surface area contributed by atoms with Gasteiger partial charge >= 0.3 is 12.1 Å². The maximum Gasteiger partial charge on any atom is 0.434 e. The van der Waals surface area contributed by atoms with Crippen molar-refractivity contribution < 1.29 is 37.3 Å². The first-order valence-corrected chi connectivity index (χ1v) is 20.7. The second-order valence-corrected chi connectivity index (χ2v) is 17.7. The summed E-state index contributed by atoms with van der Waals surface area (Å²) in [4.78, 5) is 51.0. The van der Waals surface area contributed by atoms with E-state index in [-0.39, 0.29) is 36.0 Å². The lowest BCUT2D eigenvalue weighted by molar-refractivity contribution is -0.163. The van der Waals surface area contributed by atoms with E-state index in [1.54, 1.807) is 37.5 Å². The molecule has 2 N–H and O–H groups in total. The van der Waals surface area contributed by atoms with Crippen molar-refractivity contribution in [2.45, 2.75) is 87.4 Å². The van der Waals surface area contributed by atoms with Gasteiger partial charge in [0, 0.05) is 82.2 Å². The van der Waals surface area contributed by atoms with Crippen LogP contribution in [-0.2, 0) is 27.5 Å². The number of nitrogens with zero attached hydrogens (tertiary/aromatic N) is 7. The van der Waals surface area contributed by atoms with Gasteiger partial charge in [-0.1, -0.05) is 0 Å². The van der Waals surface area contributed by atoms with E-state index in [2.05, 4.69) is 25.2 Å². The van der Waals surface area contributed by atoms with E-state index >= 15 is 13.2 Å². The monoisotopic (exact) mass is 804 g/mol. The van der Waals surface area contributed by atoms with E-state index in [0.717, 1.165) is 37.9 Å². The maximum atomic E-state index is 15.4. The smallest absolute Gasteiger partial charge is 0.434 e. The van der Waals surface area contributed by atoms with Gasteiger partial charge in [0.05, 0.1) is 11.3 Å². The molecule has 1 aromatic carbocycles. The van der Waals surface area contributed by atoms with Gasteiger partial charge in [0.2, 0.25) is 11.9 Å². The quantitative estimate of drug-likeness (QED) is 0.261. The highest BCUT2D eigenvalue weighted by atomic mass is 19.4. The van der Waals surface area contributed by atoms with Crippen LogP contribution in [0, 0.1) is 23.7 Å². The number of hydrogen-bond acceptors (Lipinski definition) is 11. The highest BCUT2D eigenvalue weighted by Gasteiger charge is 2.62. The Labute approximate surface area is 335 Å². The summed E-state index contributed by atoms with van der Waals surface area (Å²) in [5.74, 6) is -0.927. The largest absolute Gasteiger partial charge is 0.490 e. The summed E-state index contributed by atoms with van der Waals surface area (Å²) in [5.41, 5.74) is -2.56. The molecule has 58 heavy (non-hydrogen) atoms. The molecule has 16 heteroatoms. The molecule has 10 rings (SSSR count). The number of carboxylic acids is 1. The number of nitrogens with one attached hydrogen (secondary N) is 1. The molecule has 4 bridgehead atoms. The van der Waals surface area contributed by atoms with Crippen molar-refractivity contribution in [3.05, 3.63) is 59.2 Å². The molecule has 4 saturated carbocycles. The molecule has 3 aromatic rings. The van der Waals surface area contributed by atoms with E-state index in [1.807, 2.05) is 23.1 Å². The summed E-state index contributed by atoms with van der Waals surface area (Å²) in [6, 6.07) is 7.54. The van der Waals surface area contributed by atoms with Gasteiger partial charge in [-0.2, -0.15) is 13.2 Å². The Hall–Kier alpha value is -4.57. The summed E-state index contributed by atoms with van der Waals surface area (Å²) in [6.07, 6.45) is 4.90. The molecule has 0 atom stereocenters. The van der Waals surface area contributed by atoms with Crippen LogP contribution in [0.15, 0.2) is 36.7 Å². The SMILES string of the molecule is CN(C)CCc1nc(N2CC3(CCOCC3)c3cc(OC4CCN(c5ncccn5)CC4)ccc32)nc(C(F)(F)F)c1C(=O)NC1(C(=O)O)C2CC3CC(C2)CC1C3. The standard InChI is InChI=1S/C42H51F3N8O5/c1-51(2)13-8-32-34(36(54)50-41(37(55)56)27-19-25-18-26(21-27)22-28(41)20-25)35(42(43,44)45)49-39(48-32)53-24-40(9-16-57-17-10-40)31-23-30(4-5-33(31)53)58-29-6-14-52(15-7-29)38-46-11-3-12-47-38/h3-5,11-12,23,25-29H,6-10,13-22,24H2,1-2H3,(H,50,54)(H,55,56). The van der Waals surface area contributed by atoms with Gasteiger partial charge in [0.15, 0.2) is 5.69 Å². The fraction of sp³-hybridized carbons (Fsp3) is 0.619. The number of amides is 1. The van der Waals surface area contributed by atoms with E-state index in [0.29, 0.717) is 94.0 Å². The second kappa shape index (κ2) is 14.9. The van der Waals surface area contributed by atoms with Crippen LogP contribution >= 0.6 is 0 Å². The lowest BCUT2D eigenvalue weighted by Gasteiger charge is -2.59. The van der Waals surface area contributed by atoms with Crippen molar-refractivity contribution in [2.24, 2.45) is 23.7 Å². The summed E-state index contributed by atoms with van der Waals surface area (Å²) in [7, 11) is 3.60. The number of ether oxygens (including phenoxy) is 2. The van der Waals surface area contributed by atoms with Crippen molar-refractivity contribution in [1.29, 1.82) is 0 Å². The van der Waals surface area contributed by atoms with E-state index in [1.165, 1.54) is 0 Å². The summed E-state index contributed by atoms with van der Waals surface area (Å²) < 4.78 is 58.4. The van der Waals surface area contributed by atoms with E-state index < -0.39 is 40.3 Å². The predicted molar refractivity (Wildman–Crippen MR) is 207 cm³/mol. The van der Waals surface area contributed by atoms with Gasteiger partial charge in [-0.15, -0.1) is 0 Å². The first-order valence-electron chi connectivity index (χ1n) is 20.7. The zero-order chi connectivity index (χ0) is 40.4. The number of piperidine rings is 1. The maximum absolute atomic E-state index is 15.4. The van der Waals surface area contributed by atoms with Crippen molar-refractivity contribution in [1.82, 2.24) is 30.2 Å². The zero-order valence-electron chi connectivity index (χ0n) is 33.0. The van der Waals surface area contributed by atoms with Gasteiger partial charge in [0.1, 0.15) is 17.4 Å². The van der Waals surface area contributed by atoms with E-state index in [4.69, 9.17) is 14.5 Å². The molecule has 7 aliphatic rings. The Morgan fingerprint density at radius 1 is 0.983 bits per heavy atom. The first kappa shape index (κ1) is 38.9. The molecule has 3 aliphatic heterocycles. The van der Waals surface area contributed by atoms with Gasteiger partial charge < -0.3 is 34.6 Å². The van der Waals surface area contributed by atoms with Gasteiger partial charge in [-0.3, -0.25) is 4.79 Å². The molecule has 2 aromatic heterocycles. The number of carbonyl (C=O) groups is 2. The van der Waals surface area contributed by atoms with Crippen molar-refractivity contribution in [3.63, 3.8) is 0 Å². The number of halogens is 3. The molecule has 1 amide bonds. The third kappa shape index (κ3) is 6.93. The third-order valence-electron chi connectivity index (χ3n) is 13.9. The minimum absolute atomic E-state index is 0.0209. The lowest BCUT2D eigenvalue weighted by Crippen LogP contribution is -2.70. The minimum atomic E-state index is -5.03. The fourth-order valence-electron chi connectivity index (χ4n) is 11.3. The number of fused-ring (bicyclic) bond motifs is 2. The molecule has 0 radical (unpaired) electrons. The molecule has 0 unspecified atom stereocenters. The number of aliphatic carboxylic acids is 1. The number of benzene rings is 1. The third-order valence-corrected chi connectivity index (χ3v) is 13.9. The normalized spacial score (nSPS) is 27.6. The van der Waals surface area contributed by atoms with Crippen LogP contribution in [0.5, 0.6) is 5.75 Å². The van der Waals surface area contributed by atoms with Crippen LogP contribution in [0.4, 0.5) is 30.8 Å². The number of carboxylic acid groups (broad SMARTS) is 1. The molecule has 5 heterocycles. The Morgan fingerprint density at radius 2 is 1.66 bits per heavy atom. The average Bonchev–Trinajstić information content (AvgIpc) is 3.50. The number of alkyl halides is 3. The van der Waals surface area contributed by atoms with E-state index in [9.17, 15) is 14.7 Å². The fourth-order valence-corrected chi connectivity index (χ4v) is 11.3. The molecular weight excluding hydrogens is 754 g/mol. The summed E-state index contributed by atoms with van der Waals surface area (Å²) in [6.45, 7) is 3.12. The number of rotatable bonds is 10. The lowest BCUT2D eigenvalue weighted by atomic mass is 9.48. The topological polar surface area (TPSA) is 146 Å². The van der Waals surface area contributed by atoms with Crippen LogP contribution < -0.4 is 19.9 Å². The Balaban J connectivity index is 1.05. The van der Waals surface area contributed by atoms with Gasteiger partial charge in [-0.05, 0) is 113 Å². The zero-order valence-corrected chi connectivity index (χ0v) is 33.0. The van der Waals surface area contributed by atoms with Crippen LogP contribution in [0.3, 0.4) is 0 Å². The number of anilines is 3. The van der Waals surface area contributed by atoms with Crippen LogP contribution in [-0.4, -0.2) is 107 Å². The second-order valence-electron chi connectivity index (χ2n) is 17.7. The molecular formula is C42H51F3N8O5. The number of aromatic nitrogens is 4. The Morgan fingerprint density at radius 3 is 2.28 bits per heavy atom. The highest BCUT2D eigenvalue weighted by molar-refractivity contribution is 6.00. The van der Waals surface area contributed by atoms with Crippen molar-refractivity contribution >= 4 is 29.5 Å².